The van der Waals surface area contributed by atoms with Crippen molar-refractivity contribution < 1.29 is 24.2 Å². The SMILES string of the molecule is CCOC(Cc1ccc(OCCN(CCCC(C)C)C(=O)NC2CCCCC2)cc1)C(=O)O. The van der Waals surface area contributed by atoms with Crippen molar-refractivity contribution in [3.63, 3.8) is 0 Å². The van der Waals surface area contributed by atoms with Gasteiger partial charge in [0.05, 0.1) is 6.54 Å². The van der Waals surface area contributed by atoms with Crippen molar-refractivity contribution in [1.82, 2.24) is 10.2 Å². The van der Waals surface area contributed by atoms with Gasteiger partial charge in [-0.2, -0.15) is 0 Å². The van der Waals surface area contributed by atoms with Gasteiger partial charge >= 0.3 is 12.0 Å². The molecule has 1 aromatic rings. The number of hydrogen-bond acceptors (Lipinski definition) is 4. The van der Waals surface area contributed by atoms with E-state index in [2.05, 4.69) is 19.2 Å². The molecule has 0 aliphatic heterocycles. The lowest BCUT2D eigenvalue weighted by Gasteiger charge is -2.28. The summed E-state index contributed by atoms with van der Waals surface area (Å²) in [6, 6.07) is 7.71. The van der Waals surface area contributed by atoms with Gasteiger partial charge in [0.15, 0.2) is 6.10 Å². The van der Waals surface area contributed by atoms with Crippen LogP contribution in [0.25, 0.3) is 0 Å². The molecule has 1 saturated carbocycles. The van der Waals surface area contributed by atoms with E-state index in [1.54, 1.807) is 6.92 Å². The quantitative estimate of drug-likeness (QED) is 0.411. The molecular weight excluding hydrogens is 420 g/mol. The molecule has 2 amide bonds. The van der Waals surface area contributed by atoms with Gasteiger partial charge in [0, 0.05) is 25.6 Å². The van der Waals surface area contributed by atoms with Gasteiger partial charge in [-0.3, -0.25) is 0 Å². The summed E-state index contributed by atoms with van der Waals surface area (Å²) >= 11 is 0. The van der Waals surface area contributed by atoms with Gasteiger partial charge < -0.3 is 24.8 Å². The molecule has 0 spiro atoms. The third-order valence-corrected chi connectivity index (χ3v) is 6.05. The number of carbonyl (C=O) groups excluding carboxylic acids is 1. The van der Waals surface area contributed by atoms with Crippen LogP contribution in [0.4, 0.5) is 4.79 Å². The zero-order valence-electron chi connectivity index (χ0n) is 20.6. The van der Waals surface area contributed by atoms with Gasteiger partial charge in [-0.25, -0.2) is 9.59 Å². The molecular formula is C26H42N2O5. The predicted molar refractivity (Wildman–Crippen MR) is 130 cm³/mol. The van der Waals surface area contributed by atoms with Crippen LogP contribution < -0.4 is 10.1 Å². The van der Waals surface area contributed by atoms with Crippen molar-refractivity contribution in [3.05, 3.63) is 29.8 Å². The summed E-state index contributed by atoms with van der Waals surface area (Å²) < 4.78 is 11.2. The monoisotopic (exact) mass is 462 g/mol. The molecule has 2 rings (SSSR count). The van der Waals surface area contributed by atoms with E-state index in [1.807, 2.05) is 29.2 Å². The first-order valence-corrected chi connectivity index (χ1v) is 12.5. The van der Waals surface area contributed by atoms with Crippen LogP contribution in [0, 0.1) is 5.92 Å². The normalized spacial score (nSPS) is 15.3. The number of aliphatic carboxylic acids is 1. The second-order valence-electron chi connectivity index (χ2n) is 9.29. The highest BCUT2D eigenvalue weighted by Gasteiger charge is 2.20. The Labute approximate surface area is 198 Å². The van der Waals surface area contributed by atoms with Crippen molar-refractivity contribution in [2.75, 3.05) is 26.3 Å². The molecule has 2 N–H and O–H groups in total. The molecule has 0 heterocycles. The molecule has 0 bridgehead atoms. The fourth-order valence-corrected chi connectivity index (χ4v) is 4.15. The van der Waals surface area contributed by atoms with Gasteiger partial charge in [-0.1, -0.05) is 45.2 Å². The second-order valence-corrected chi connectivity index (χ2v) is 9.29. The molecule has 1 unspecified atom stereocenters. The summed E-state index contributed by atoms with van der Waals surface area (Å²) in [4.78, 5) is 26.0. The summed E-state index contributed by atoms with van der Waals surface area (Å²) in [7, 11) is 0. The number of carboxylic acid groups (broad SMARTS) is 1. The third-order valence-electron chi connectivity index (χ3n) is 6.05. The highest BCUT2D eigenvalue weighted by atomic mass is 16.5. The van der Waals surface area contributed by atoms with E-state index < -0.39 is 12.1 Å². The van der Waals surface area contributed by atoms with E-state index in [0.717, 1.165) is 37.8 Å². The Kier molecular flexibility index (Phi) is 12.1. The third kappa shape index (κ3) is 10.5. The first-order chi connectivity index (χ1) is 15.9. The molecule has 1 aromatic carbocycles. The van der Waals surface area contributed by atoms with Gasteiger partial charge in [0.1, 0.15) is 12.4 Å². The average molecular weight is 463 g/mol. The molecule has 1 atom stereocenters. The number of urea groups is 1. The van der Waals surface area contributed by atoms with Crippen molar-refractivity contribution in [2.45, 2.75) is 84.3 Å². The predicted octanol–water partition coefficient (Wildman–Crippen LogP) is 4.88. The van der Waals surface area contributed by atoms with Crippen molar-refractivity contribution >= 4 is 12.0 Å². The van der Waals surface area contributed by atoms with Gasteiger partial charge in [-0.05, 0) is 56.2 Å². The summed E-state index contributed by atoms with van der Waals surface area (Å²) in [5, 5.41) is 12.5. The number of hydrogen-bond donors (Lipinski definition) is 2. The van der Waals surface area contributed by atoms with E-state index in [0.29, 0.717) is 43.9 Å². The van der Waals surface area contributed by atoms with Crippen LogP contribution in [0.15, 0.2) is 24.3 Å². The Bertz CT molecular complexity index is 701. The second kappa shape index (κ2) is 14.8. The minimum Gasteiger partial charge on any atom is -0.492 e. The Morgan fingerprint density at radius 2 is 1.82 bits per heavy atom. The number of nitrogens with zero attached hydrogens (tertiary/aromatic N) is 1. The molecule has 7 nitrogen and oxygen atoms in total. The maximum Gasteiger partial charge on any atom is 0.333 e. The molecule has 0 aromatic heterocycles. The fourth-order valence-electron chi connectivity index (χ4n) is 4.15. The Morgan fingerprint density at radius 1 is 1.12 bits per heavy atom. The zero-order valence-corrected chi connectivity index (χ0v) is 20.6. The molecule has 0 saturated heterocycles. The number of ether oxygens (including phenoxy) is 2. The lowest BCUT2D eigenvalue weighted by molar-refractivity contribution is -0.149. The summed E-state index contributed by atoms with van der Waals surface area (Å²) in [5.41, 5.74) is 0.880. The minimum absolute atomic E-state index is 0.0141. The maximum atomic E-state index is 12.9. The van der Waals surface area contributed by atoms with Crippen LogP contribution in [-0.4, -0.2) is 60.5 Å². The Hall–Kier alpha value is -2.28. The smallest absolute Gasteiger partial charge is 0.333 e. The zero-order chi connectivity index (χ0) is 24.1. The fraction of sp³-hybridized carbons (Fsp3) is 0.692. The topological polar surface area (TPSA) is 88.1 Å². The Morgan fingerprint density at radius 3 is 2.42 bits per heavy atom. The molecule has 1 aliphatic carbocycles. The van der Waals surface area contributed by atoms with Gasteiger partial charge in [-0.15, -0.1) is 0 Å². The van der Waals surface area contributed by atoms with E-state index in [1.165, 1.54) is 19.3 Å². The molecule has 186 valence electrons. The molecule has 1 aliphatic rings. The highest BCUT2D eigenvalue weighted by Crippen LogP contribution is 2.18. The van der Waals surface area contributed by atoms with Crippen molar-refractivity contribution in [2.24, 2.45) is 5.92 Å². The van der Waals surface area contributed by atoms with E-state index in [4.69, 9.17) is 9.47 Å². The average Bonchev–Trinajstić information content (AvgIpc) is 2.79. The summed E-state index contributed by atoms with van der Waals surface area (Å²) in [6.45, 7) is 8.22. The van der Waals surface area contributed by atoms with Crippen LogP contribution in [0.2, 0.25) is 0 Å². The summed E-state index contributed by atoms with van der Waals surface area (Å²) in [6.07, 6.45) is 7.33. The lowest BCUT2D eigenvalue weighted by atomic mass is 9.96. The van der Waals surface area contributed by atoms with E-state index >= 15 is 0 Å². The first kappa shape index (κ1) is 27.0. The Balaban J connectivity index is 1.85. The first-order valence-electron chi connectivity index (χ1n) is 12.5. The van der Waals surface area contributed by atoms with E-state index in [9.17, 15) is 14.7 Å². The van der Waals surface area contributed by atoms with Crippen LogP contribution in [-0.2, 0) is 16.0 Å². The number of carboxylic acids is 1. The number of rotatable bonds is 14. The number of nitrogens with one attached hydrogen (secondary N) is 1. The van der Waals surface area contributed by atoms with Gasteiger partial charge in [0.2, 0.25) is 0 Å². The molecule has 7 heteroatoms. The molecule has 1 fully saturated rings. The number of benzene rings is 1. The van der Waals surface area contributed by atoms with Crippen LogP contribution in [0.1, 0.15) is 71.3 Å². The minimum atomic E-state index is -0.957. The lowest BCUT2D eigenvalue weighted by Crippen LogP contribution is -2.47. The van der Waals surface area contributed by atoms with Crippen LogP contribution in [0.5, 0.6) is 5.75 Å². The van der Waals surface area contributed by atoms with Crippen LogP contribution >= 0.6 is 0 Å². The maximum absolute atomic E-state index is 12.9. The van der Waals surface area contributed by atoms with E-state index in [-0.39, 0.29) is 6.03 Å². The molecule has 33 heavy (non-hydrogen) atoms. The summed E-state index contributed by atoms with van der Waals surface area (Å²) in [5.74, 6) is 0.365. The number of carbonyl (C=O) groups is 2. The van der Waals surface area contributed by atoms with Crippen LogP contribution in [0.3, 0.4) is 0 Å². The van der Waals surface area contributed by atoms with Crippen molar-refractivity contribution in [3.8, 4) is 5.75 Å². The van der Waals surface area contributed by atoms with Crippen molar-refractivity contribution in [1.29, 1.82) is 0 Å². The number of amides is 2. The largest absolute Gasteiger partial charge is 0.492 e. The standard InChI is InChI=1S/C26H42N2O5/c1-4-32-24(25(29)30)19-21-12-14-23(15-13-21)33-18-17-28(16-8-9-20(2)3)26(31)27-22-10-6-5-7-11-22/h12-15,20,22,24H,4-11,16-19H2,1-3H3,(H,27,31)(H,29,30). The highest BCUT2D eigenvalue weighted by molar-refractivity contribution is 5.74. The van der Waals surface area contributed by atoms with Gasteiger partial charge in [0.25, 0.3) is 0 Å². The molecule has 0 radical (unpaired) electrons.